The van der Waals surface area contributed by atoms with Gasteiger partial charge in [0, 0.05) is 44.5 Å². The largest absolute Gasteiger partial charge is 0.371 e. The molecule has 1 N–H and O–H groups in total. The monoisotopic (exact) mass is 395 g/mol. The molecule has 2 saturated heterocycles. The summed E-state index contributed by atoms with van der Waals surface area (Å²) >= 11 is 0. The molecule has 29 heavy (non-hydrogen) atoms. The van der Waals surface area contributed by atoms with E-state index in [1.54, 1.807) is 15.8 Å². The number of hydrogen-bond donors (Lipinski definition) is 1. The van der Waals surface area contributed by atoms with Gasteiger partial charge in [-0.05, 0) is 50.8 Å². The van der Waals surface area contributed by atoms with Crippen LogP contribution in [0.25, 0.3) is 0 Å². The van der Waals surface area contributed by atoms with Gasteiger partial charge in [-0.25, -0.2) is 0 Å². The Morgan fingerprint density at radius 1 is 1.10 bits per heavy atom. The maximum atomic E-state index is 13.0. The van der Waals surface area contributed by atoms with Crippen LogP contribution in [0.15, 0.2) is 24.4 Å². The molecule has 7 nitrogen and oxygen atoms in total. The van der Waals surface area contributed by atoms with Gasteiger partial charge in [0.25, 0.3) is 5.91 Å². The van der Waals surface area contributed by atoms with Crippen LogP contribution in [0.5, 0.6) is 0 Å². The van der Waals surface area contributed by atoms with Crippen molar-refractivity contribution in [3.63, 3.8) is 0 Å². The van der Waals surface area contributed by atoms with E-state index in [0.717, 1.165) is 41.3 Å². The van der Waals surface area contributed by atoms with Crippen LogP contribution in [0.1, 0.15) is 40.9 Å². The van der Waals surface area contributed by atoms with Gasteiger partial charge in [-0.3, -0.25) is 14.3 Å². The first-order valence-corrected chi connectivity index (χ1v) is 10.4. The van der Waals surface area contributed by atoms with Crippen molar-refractivity contribution in [3.8, 4) is 0 Å². The van der Waals surface area contributed by atoms with E-state index >= 15 is 0 Å². The van der Waals surface area contributed by atoms with Gasteiger partial charge in [-0.1, -0.05) is 6.07 Å². The van der Waals surface area contributed by atoms with Gasteiger partial charge in [-0.15, -0.1) is 0 Å². The Morgan fingerprint density at radius 3 is 2.48 bits per heavy atom. The van der Waals surface area contributed by atoms with E-state index in [0.29, 0.717) is 13.1 Å². The maximum absolute atomic E-state index is 13.0. The Labute approximate surface area is 171 Å². The van der Waals surface area contributed by atoms with Gasteiger partial charge in [0.2, 0.25) is 5.91 Å². The lowest BCUT2D eigenvalue weighted by Crippen LogP contribution is -2.54. The molecule has 7 heteroatoms. The summed E-state index contributed by atoms with van der Waals surface area (Å²) < 4.78 is 1.73. The standard InChI is InChI=1S/C22H29N5O2/c1-15-18(8-7-9-20(15)26-10-5-4-6-11-26)22(29)27-13-17(14-27)21(28)24-19-12-23-25(3)16(19)2/h7-9,12,17H,4-6,10-11,13-14H2,1-3H3,(H,24,28). The molecule has 1 aromatic heterocycles. The van der Waals surface area contributed by atoms with E-state index in [4.69, 9.17) is 0 Å². The third-order valence-corrected chi connectivity index (χ3v) is 6.27. The van der Waals surface area contributed by atoms with Gasteiger partial charge in [0.05, 0.1) is 23.5 Å². The molecule has 2 aromatic rings. The lowest BCUT2D eigenvalue weighted by atomic mass is 9.96. The molecule has 0 radical (unpaired) electrons. The number of hydrogen-bond acceptors (Lipinski definition) is 4. The Kier molecular flexibility index (Phi) is 5.30. The molecule has 3 heterocycles. The fourth-order valence-electron chi connectivity index (χ4n) is 4.17. The number of rotatable bonds is 4. The third kappa shape index (κ3) is 3.73. The summed E-state index contributed by atoms with van der Waals surface area (Å²) in [4.78, 5) is 29.7. The number of carbonyl (C=O) groups is 2. The molecule has 4 rings (SSSR count). The van der Waals surface area contributed by atoms with Crippen LogP contribution in [0, 0.1) is 19.8 Å². The molecule has 2 aliphatic rings. The average molecular weight is 396 g/mol. The molecular formula is C22H29N5O2. The minimum absolute atomic E-state index is 0.0166. The summed E-state index contributed by atoms with van der Waals surface area (Å²) in [6, 6.07) is 5.98. The summed E-state index contributed by atoms with van der Waals surface area (Å²) in [7, 11) is 1.84. The zero-order valence-electron chi connectivity index (χ0n) is 17.4. The molecule has 2 aliphatic heterocycles. The lowest BCUT2D eigenvalue weighted by molar-refractivity contribution is -0.123. The number of anilines is 2. The van der Waals surface area contributed by atoms with Crippen molar-refractivity contribution in [1.82, 2.24) is 14.7 Å². The number of nitrogens with one attached hydrogen (secondary N) is 1. The highest BCUT2D eigenvalue weighted by atomic mass is 16.2. The Balaban J connectivity index is 1.39. The number of aryl methyl sites for hydroxylation is 1. The number of likely N-dealkylation sites (tertiary alicyclic amines) is 1. The fraction of sp³-hybridized carbons (Fsp3) is 0.500. The Morgan fingerprint density at radius 2 is 1.83 bits per heavy atom. The summed E-state index contributed by atoms with van der Waals surface area (Å²) in [6.07, 6.45) is 5.35. The van der Waals surface area contributed by atoms with E-state index in [1.807, 2.05) is 33.0 Å². The summed E-state index contributed by atoms with van der Waals surface area (Å²) in [5.74, 6) is -0.212. The average Bonchev–Trinajstić information content (AvgIpc) is 2.99. The number of carbonyl (C=O) groups excluding carboxylic acids is 2. The Bertz CT molecular complexity index is 923. The van der Waals surface area contributed by atoms with Gasteiger partial charge in [0.1, 0.15) is 0 Å². The lowest BCUT2D eigenvalue weighted by Gasteiger charge is -2.39. The van der Waals surface area contributed by atoms with Gasteiger partial charge < -0.3 is 15.1 Å². The van der Waals surface area contributed by atoms with Crippen LogP contribution in [-0.2, 0) is 11.8 Å². The Hall–Kier alpha value is -2.83. The molecule has 0 unspecified atom stereocenters. The zero-order chi connectivity index (χ0) is 20.5. The fourth-order valence-corrected chi connectivity index (χ4v) is 4.17. The highest BCUT2D eigenvalue weighted by Crippen LogP contribution is 2.29. The van der Waals surface area contributed by atoms with E-state index in [-0.39, 0.29) is 17.7 Å². The second-order valence-corrected chi connectivity index (χ2v) is 8.16. The van der Waals surface area contributed by atoms with Gasteiger partial charge in [0.15, 0.2) is 0 Å². The highest BCUT2D eigenvalue weighted by molar-refractivity contribution is 6.00. The van der Waals surface area contributed by atoms with E-state index in [2.05, 4.69) is 21.4 Å². The van der Waals surface area contributed by atoms with Crippen molar-refractivity contribution in [3.05, 3.63) is 41.2 Å². The van der Waals surface area contributed by atoms with Crippen LogP contribution in [-0.4, -0.2) is 52.7 Å². The van der Waals surface area contributed by atoms with E-state index in [1.165, 1.54) is 19.3 Å². The molecule has 0 aliphatic carbocycles. The van der Waals surface area contributed by atoms with Crippen molar-refractivity contribution < 1.29 is 9.59 Å². The van der Waals surface area contributed by atoms with Crippen LogP contribution in [0.2, 0.25) is 0 Å². The van der Waals surface area contributed by atoms with Crippen LogP contribution in [0.3, 0.4) is 0 Å². The molecule has 0 spiro atoms. The molecule has 154 valence electrons. The molecular weight excluding hydrogens is 366 g/mol. The summed E-state index contributed by atoms with van der Waals surface area (Å²) in [6.45, 7) is 6.97. The maximum Gasteiger partial charge on any atom is 0.254 e. The first kappa shape index (κ1) is 19.5. The smallest absolute Gasteiger partial charge is 0.254 e. The number of piperidine rings is 1. The summed E-state index contributed by atoms with van der Waals surface area (Å²) in [5.41, 5.74) is 4.59. The zero-order valence-corrected chi connectivity index (χ0v) is 17.4. The van der Waals surface area contributed by atoms with Crippen LogP contribution in [0.4, 0.5) is 11.4 Å². The number of nitrogens with zero attached hydrogens (tertiary/aromatic N) is 4. The predicted molar refractivity (Wildman–Crippen MR) is 113 cm³/mol. The molecule has 0 saturated carbocycles. The predicted octanol–water partition coefficient (Wildman–Crippen LogP) is 2.74. The van der Waals surface area contributed by atoms with Crippen molar-refractivity contribution in [2.45, 2.75) is 33.1 Å². The third-order valence-electron chi connectivity index (χ3n) is 6.27. The SMILES string of the molecule is Cc1c(C(=O)N2CC(C(=O)Nc3cnn(C)c3C)C2)cccc1N1CCCCC1. The first-order valence-electron chi connectivity index (χ1n) is 10.4. The molecule has 2 amide bonds. The van der Waals surface area contributed by atoms with Gasteiger partial charge in [-0.2, -0.15) is 5.10 Å². The topological polar surface area (TPSA) is 70.5 Å². The molecule has 2 fully saturated rings. The number of aromatic nitrogens is 2. The number of benzene rings is 1. The van der Waals surface area contributed by atoms with Crippen molar-refractivity contribution >= 4 is 23.2 Å². The van der Waals surface area contributed by atoms with Crippen molar-refractivity contribution in [1.29, 1.82) is 0 Å². The normalized spacial score (nSPS) is 17.2. The minimum atomic E-state index is -0.177. The second-order valence-electron chi connectivity index (χ2n) is 8.16. The van der Waals surface area contributed by atoms with Crippen LogP contribution < -0.4 is 10.2 Å². The highest BCUT2D eigenvalue weighted by Gasteiger charge is 2.37. The minimum Gasteiger partial charge on any atom is -0.371 e. The van der Waals surface area contributed by atoms with Crippen LogP contribution >= 0.6 is 0 Å². The van der Waals surface area contributed by atoms with Gasteiger partial charge >= 0.3 is 0 Å². The first-order chi connectivity index (χ1) is 14.0. The molecule has 1 aromatic carbocycles. The quantitative estimate of drug-likeness (QED) is 0.864. The summed E-state index contributed by atoms with van der Waals surface area (Å²) in [5, 5.41) is 7.07. The van der Waals surface area contributed by atoms with Crippen molar-refractivity contribution in [2.75, 3.05) is 36.4 Å². The number of amides is 2. The molecule has 0 bridgehead atoms. The van der Waals surface area contributed by atoms with E-state index < -0.39 is 0 Å². The molecule has 0 atom stereocenters. The van der Waals surface area contributed by atoms with Crippen molar-refractivity contribution in [2.24, 2.45) is 13.0 Å². The second kappa shape index (κ2) is 7.89. The van der Waals surface area contributed by atoms with E-state index in [9.17, 15) is 9.59 Å².